The van der Waals surface area contributed by atoms with Gasteiger partial charge in [-0.1, -0.05) is 18.2 Å². The standard InChI is InChI=1S/C20H23N3O6S/c1-12(24)13-3-6-15(7-4-13)21-20(25)17-10-16(22-30(26,27)23(17)2)14-5-8-18-19(9-14)29-11-28-18/h3-9,12,16-17,22,24H,10-11H2,1-2H3,(H,21,25). The second-order valence-corrected chi connectivity index (χ2v) is 9.10. The Hall–Kier alpha value is -2.66. The van der Waals surface area contributed by atoms with E-state index >= 15 is 0 Å². The van der Waals surface area contributed by atoms with Crippen molar-refractivity contribution in [1.29, 1.82) is 0 Å². The molecule has 0 saturated carbocycles. The number of carbonyl (C=O) groups is 1. The van der Waals surface area contributed by atoms with Crippen LogP contribution in [-0.4, -0.2) is 43.6 Å². The van der Waals surface area contributed by atoms with Crippen LogP contribution in [0.5, 0.6) is 11.5 Å². The quantitative estimate of drug-likeness (QED) is 0.676. The van der Waals surface area contributed by atoms with Crippen LogP contribution in [0.1, 0.15) is 36.6 Å². The Labute approximate surface area is 174 Å². The highest BCUT2D eigenvalue weighted by molar-refractivity contribution is 7.87. The van der Waals surface area contributed by atoms with E-state index in [-0.39, 0.29) is 13.2 Å². The molecule has 1 fully saturated rings. The number of anilines is 1. The van der Waals surface area contributed by atoms with Crippen molar-refractivity contribution in [3.63, 3.8) is 0 Å². The van der Waals surface area contributed by atoms with E-state index < -0.39 is 34.3 Å². The maximum absolute atomic E-state index is 12.9. The molecule has 10 heteroatoms. The van der Waals surface area contributed by atoms with Gasteiger partial charge < -0.3 is 19.9 Å². The minimum Gasteiger partial charge on any atom is -0.454 e. The molecule has 0 aliphatic carbocycles. The lowest BCUT2D eigenvalue weighted by molar-refractivity contribution is -0.120. The van der Waals surface area contributed by atoms with E-state index in [0.717, 1.165) is 9.87 Å². The largest absolute Gasteiger partial charge is 0.454 e. The van der Waals surface area contributed by atoms with Crippen LogP contribution in [0, 0.1) is 0 Å². The fourth-order valence-corrected chi connectivity index (χ4v) is 4.80. The smallest absolute Gasteiger partial charge is 0.280 e. The van der Waals surface area contributed by atoms with Crippen LogP contribution in [0.3, 0.4) is 0 Å². The second-order valence-electron chi connectivity index (χ2n) is 7.34. The van der Waals surface area contributed by atoms with E-state index in [1.54, 1.807) is 49.4 Å². The lowest BCUT2D eigenvalue weighted by atomic mass is 9.99. The summed E-state index contributed by atoms with van der Waals surface area (Å²) in [4.78, 5) is 12.9. The van der Waals surface area contributed by atoms with E-state index in [9.17, 15) is 18.3 Å². The molecule has 3 atom stereocenters. The number of hydrogen-bond donors (Lipinski definition) is 3. The molecule has 1 saturated heterocycles. The second kappa shape index (κ2) is 7.88. The summed E-state index contributed by atoms with van der Waals surface area (Å²) in [5.74, 6) is 0.715. The lowest BCUT2D eigenvalue weighted by Crippen LogP contribution is -2.55. The molecule has 30 heavy (non-hydrogen) atoms. The van der Waals surface area contributed by atoms with Crippen LogP contribution >= 0.6 is 0 Å². The number of aliphatic hydroxyl groups excluding tert-OH is 1. The molecule has 3 unspecified atom stereocenters. The Morgan fingerprint density at radius 1 is 1.20 bits per heavy atom. The monoisotopic (exact) mass is 433 g/mol. The fourth-order valence-electron chi connectivity index (χ4n) is 3.53. The van der Waals surface area contributed by atoms with Gasteiger partial charge >= 0.3 is 0 Å². The number of hydrogen-bond acceptors (Lipinski definition) is 6. The highest BCUT2D eigenvalue weighted by Gasteiger charge is 2.41. The summed E-state index contributed by atoms with van der Waals surface area (Å²) in [5.41, 5.74) is 1.93. The number of likely N-dealkylation sites (N-methyl/N-ethyl adjacent to an activating group) is 1. The summed E-state index contributed by atoms with van der Waals surface area (Å²) in [7, 11) is -2.49. The molecular weight excluding hydrogens is 410 g/mol. The van der Waals surface area contributed by atoms with Crippen molar-refractivity contribution in [1.82, 2.24) is 9.03 Å². The molecule has 0 bridgehead atoms. The zero-order valence-electron chi connectivity index (χ0n) is 16.5. The van der Waals surface area contributed by atoms with Gasteiger partial charge in [0, 0.05) is 12.7 Å². The zero-order chi connectivity index (χ0) is 21.5. The van der Waals surface area contributed by atoms with Gasteiger partial charge in [-0.15, -0.1) is 0 Å². The van der Waals surface area contributed by atoms with Gasteiger partial charge in [0.05, 0.1) is 12.1 Å². The predicted octanol–water partition coefficient (Wildman–Crippen LogP) is 1.69. The van der Waals surface area contributed by atoms with Gasteiger partial charge in [0.1, 0.15) is 6.04 Å². The molecule has 2 heterocycles. The topological polar surface area (TPSA) is 117 Å². The minimum absolute atomic E-state index is 0.122. The molecule has 2 aromatic carbocycles. The Balaban J connectivity index is 1.54. The molecule has 4 rings (SSSR count). The van der Waals surface area contributed by atoms with Gasteiger partial charge in [-0.2, -0.15) is 17.4 Å². The van der Waals surface area contributed by atoms with Gasteiger partial charge in [-0.05, 0) is 48.7 Å². The SMILES string of the molecule is CC(O)c1ccc(NC(=O)C2CC(c3ccc4c(c3)OCO4)NS(=O)(=O)N2C)cc1. The first kappa shape index (κ1) is 20.6. The molecule has 2 aliphatic rings. The first-order valence-corrected chi connectivity index (χ1v) is 10.9. The molecule has 3 N–H and O–H groups in total. The summed E-state index contributed by atoms with van der Waals surface area (Å²) in [6, 6.07) is 10.5. The highest BCUT2D eigenvalue weighted by Crippen LogP contribution is 2.37. The van der Waals surface area contributed by atoms with E-state index in [1.165, 1.54) is 7.05 Å². The number of aliphatic hydroxyl groups is 1. The molecule has 2 aromatic rings. The van der Waals surface area contributed by atoms with Gasteiger partial charge in [-0.25, -0.2) is 0 Å². The third-order valence-corrected chi connectivity index (χ3v) is 6.93. The van der Waals surface area contributed by atoms with Crippen LogP contribution in [0.15, 0.2) is 42.5 Å². The van der Waals surface area contributed by atoms with Crippen molar-refractivity contribution in [2.45, 2.75) is 31.5 Å². The average Bonchev–Trinajstić information content (AvgIpc) is 3.18. The summed E-state index contributed by atoms with van der Waals surface area (Å²) in [6.45, 7) is 1.77. The molecule has 1 amide bonds. The summed E-state index contributed by atoms with van der Waals surface area (Å²) >= 11 is 0. The molecule has 0 aromatic heterocycles. The number of ether oxygens (including phenoxy) is 2. The Kier molecular flexibility index (Phi) is 5.41. The van der Waals surface area contributed by atoms with Crippen LogP contribution in [0.25, 0.3) is 0 Å². The van der Waals surface area contributed by atoms with Crippen molar-refractivity contribution in [2.24, 2.45) is 0 Å². The molecule has 160 valence electrons. The highest BCUT2D eigenvalue weighted by atomic mass is 32.2. The van der Waals surface area contributed by atoms with E-state index in [0.29, 0.717) is 22.7 Å². The van der Waals surface area contributed by atoms with E-state index in [2.05, 4.69) is 10.0 Å². The number of nitrogens with zero attached hydrogens (tertiary/aromatic N) is 1. The number of amides is 1. The van der Waals surface area contributed by atoms with Crippen molar-refractivity contribution >= 4 is 21.8 Å². The Bertz CT molecular complexity index is 1050. The maximum Gasteiger partial charge on any atom is 0.280 e. The molecule has 9 nitrogen and oxygen atoms in total. The first-order chi connectivity index (χ1) is 14.2. The first-order valence-electron chi connectivity index (χ1n) is 9.48. The summed E-state index contributed by atoms with van der Waals surface area (Å²) < 4.78 is 39.6. The van der Waals surface area contributed by atoms with Crippen molar-refractivity contribution in [2.75, 3.05) is 19.2 Å². The van der Waals surface area contributed by atoms with E-state index in [4.69, 9.17) is 9.47 Å². The third-order valence-electron chi connectivity index (χ3n) is 5.33. The van der Waals surface area contributed by atoms with Gasteiger partial charge in [0.15, 0.2) is 11.5 Å². The Morgan fingerprint density at radius 2 is 1.90 bits per heavy atom. The van der Waals surface area contributed by atoms with Crippen LogP contribution in [-0.2, 0) is 15.0 Å². The minimum atomic E-state index is -3.86. The molecule has 0 radical (unpaired) electrons. The predicted molar refractivity (Wildman–Crippen MR) is 109 cm³/mol. The van der Waals surface area contributed by atoms with Gasteiger partial charge in [-0.3, -0.25) is 4.79 Å². The van der Waals surface area contributed by atoms with Crippen LogP contribution in [0.2, 0.25) is 0 Å². The number of nitrogens with one attached hydrogen (secondary N) is 2. The number of carbonyl (C=O) groups excluding carboxylic acids is 1. The number of benzene rings is 2. The maximum atomic E-state index is 12.9. The summed E-state index contributed by atoms with van der Waals surface area (Å²) in [5, 5.41) is 12.4. The fraction of sp³-hybridized carbons (Fsp3) is 0.350. The van der Waals surface area contributed by atoms with Crippen molar-refractivity contribution in [3.8, 4) is 11.5 Å². The van der Waals surface area contributed by atoms with Gasteiger partial charge in [0.2, 0.25) is 12.7 Å². The van der Waals surface area contributed by atoms with E-state index in [1.807, 2.05) is 0 Å². The molecule has 2 aliphatic heterocycles. The Morgan fingerprint density at radius 3 is 2.60 bits per heavy atom. The zero-order valence-corrected chi connectivity index (χ0v) is 17.3. The average molecular weight is 433 g/mol. The van der Waals surface area contributed by atoms with Gasteiger partial charge in [0.25, 0.3) is 10.2 Å². The van der Waals surface area contributed by atoms with Crippen molar-refractivity contribution < 1.29 is 27.8 Å². The number of rotatable bonds is 4. The summed E-state index contributed by atoms with van der Waals surface area (Å²) in [6.07, 6.45) is -0.370. The van der Waals surface area contributed by atoms with Crippen LogP contribution in [0.4, 0.5) is 5.69 Å². The van der Waals surface area contributed by atoms with Crippen molar-refractivity contribution in [3.05, 3.63) is 53.6 Å². The normalized spacial score (nSPS) is 23.7. The number of fused-ring (bicyclic) bond motifs is 1. The van der Waals surface area contributed by atoms with Crippen LogP contribution < -0.4 is 19.5 Å². The third kappa shape index (κ3) is 3.99. The molecular formula is C20H23N3O6S. The molecule has 0 spiro atoms. The lowest BCUT2D eigenvalue weighted by Gasteiger charge is -2.36.